The maximum absolute atomic E-state index is 12.5. The van der Waals surface area contributed by atoms with Crippen LogP contribution in [0.2, 0.25) is 0 Å². The molecule has 0 aromatic carbocycles. The Morgan fingerprint density at radius 3 is 2.40 bits per heavy atom. The van der Waals surface area contributed by atoms with Crippen LogP contribution in [0.15, 0.2) is 0 Å². The third kappa shape index (κ3) is 3.32. The van der Waals surface area contributed by atoms with Crippen molar-refractivity contribution >= 4 is 25.8 Å². The van der Waals surface area contributed by atoms with Gasteiger partial charge in [-0.1, -0.05) is 12.8 Å². The van der Waals surface area contributed by atoms with E-state index >= 15 is 0 Å². The molecule has 0 aromatic heterocycles. The molecule has 2 aliphatic rings. The lowest BCUT2D eigenvalue weighted by Gasteiger charge is -2.35. The fraction of sp³-hybridized carbons (Fsp3) is 0.909. The molecular weight excluding hydrogens is 306 g/mol. The summed E-state index contributed by atoms with van der Waals surface area (Å²) in [5, 5.41) is 8.38. The van der Waals surface area contributed by atoms with Crippen molar-refractivity contribution in [3.63, 3.8) is 0 Å². The second-order valence-electron chi connectivity index (χ2n) is 5.43. The van der Waals surface area contributed by atoms with Crippen molar-refractivity contribution in [2.75, 3.05) is 18.1 Å². The second-order valence-corrected chi connectivity index (χ2v) is 9.82. The number of aliphatic carboxylic acids is 1. The number of carboxylic acid groups (broad SMARTS) is 1. The van der Waals surface area contributed by atoms with Crippen LogP contribution in [0.4, 0.5) is 0 Å². The van der Waals surface area contributed by atoms with E-state index in [0.717, 1.165) is 17.1 Å². The van der Waals surface area contributed by atoms with Gasteiger partial charge in [-0.3, -0.25) is 4.79 Å². The summed E-state index contributed by atoms with van der Waals surface area (Å²) in [7, 11) is -6.96. The summed E-state index contributed by atoms with van der Waals surface area (Å²) in [4.78, 5) is 10.9. The SMILES string of the molecule is O=C(O)CC1CS(=O)(=O)CCN1S(=O)(=O)C1CCCC1. The molecule has 0 spiro atoms. The van der Waals surface area contributed by atoms with Crippen molar-refractivity contribution < 1.29 is 26.7 Å². The van der Waals surface area contributed by atoms with Crippen molar-refractivity contribution in [2.45, 2.75) is 43.4 Å². The Kier molecular flexibility index (Phi) is 4.41. The molecule has 0 aromatic rings. The Bertz CT molecular complexity index is 576. The zero-order chi connectivity index (χ0) is 15.0. The minimum atomic E-state index is -3.60. The molecule has 1 aliphatic carbocycles. The number of hydrogen-bond donors (Lipinski definition) is 1. The zero-order valence-electron chi connectivity index (χ0n) is 11.1. The lowest BCUT2D eigenvalue weighted by molar-refractivity contribution is -0.137. The molecule has 1 unspecified atom stereocenters. The van der Waals surface area contributed by atoms with E-state index in [-0.39, 0.29) is 12.3 Å². The van der Waals surface area contributed by atoms with E-state index in [1.807, 2.05) is 0 Å². The third-order valence-corrected chi connectivity index (χ3v) is 8.08. The van der Waals surface area contributed by atoms with Crippen molar-refractivity contribution in [3.8, 4) is 0 Å². The van der Waals surface area contributed by atoms with Crippen LogP contribution in [0.5, 0.6) is 0 Å². The molecular formula is C11H19NO6S2. The van der Waals surface area contributed by atoms with Crippen LogP contribution in [0, 0.1) is 0 Å². The number of hydrogen-bond acceptors (Lipinski definition) is 5. The summed E-state index contributed by atoms with van der Waals surface area (Å²) in [5.41, 5.74) is 0. The van der Waals surface area contributed by atoms with Gasteiger partial charge in [0.2, 0.25) is 10.0 Å². The average Bonchev–Trinajstić information content (AvgIpc) is 2.79. The number of carboxylic acids is 1. The molecule has 0 amide bonds. The Hall–Kier alpha value is -0.670. The molecule has 0 radical (unpaired) electrons. The summed E-state index contributed by atoms with van der Waals surface area (Å²) in [6.07, 6.45) is 2.38. The molecule has 1 heterocycles. The van der Waals surface area contributed by atoms with E-state index in [1.165, 1.54) is 0 Å². The molecule has 20 heavy (non-hydrogen) atoms. The topological polar surface area (TPSA) is 109 Å². The molecule has 116 valence electrons. The fourth-order valence-corrected chi connectivity index (χ4v) is 6.90. The van der Waals surface area contributed by atoms with Gasteiger partial charge in [0.05, 0.1) is 23.2 Å². The smallest absolute Gasteiger partial charge is 0.305 e. The van der Waals surface area contributed by atoms with Gasteiger partial charge in [-0.2, -0.15) is 4.31 Å². The largest absolute Gasteiger partial charge is 0.481 e. The quantitative estimate of drug-likeness (QED) is 0.769. The van der Waals surface area contributed by atoms with Crippen molar-refractivity contribution in [1.82, 2.24) is 4.31 Å². The number of rotatable bonds is 4. The molecule has 2 fully saturated rings. The Balaban J connectivity index is 2.25. The highest BCUT2D eigenvalue weighted by atomic mass is 32.2. The van der Waals surface area contributed by atoms with Gasteiger partial charge in [0.1, 0.15) is 0 Å². The summed E-state index contributed by atoms with van der Waals surface area (Å²) in [6.45, 7) is -0.126. The molecule has 1 atom stereocenters. The Morgan fingerprint density at radius 1 is 1.25 bits per heavy atom. The van der Waals surface area contributed by atoms with Crippen LogP contribution in [0.25, 0.3) is 0 Å². The van der Waals surface area contributed by atoms with Gasteiger partial charge in [-0.05, 0) is 12.8 Å². The average molecular weight is 325 g/mol. The van der Waals surface area contributed by atoms with Gasteiger partial charge in [0, 0.05) is 12.6 Å². The monoisotopic (exact) mass is 325 g/mol. The highest BCUT2D eigenvalue weighted by Crippen LogP contribution is 2.30. The maximum Gasteiger partial charge on any atom is 0.305 e. The highest BCUT2D eigenvalue weighted by molar-refractivity contribution is 7.92. The normalized spacial score (nSPS) is 28.5. The Labute approximate surface area is 118 Å². The number of carbonyl (C=O) groups is 1. The van der Waals surface area contributed by atoms with Gasteiger partial charge < -0.3 is 5.11 Å². The molecule has 0 bridgehead atoms. The number of nitrogens with zero attached hydrogens (tertiary/aromatic N) is 1. The first-order valence-electron chi connectivity index (χ1n) is 6.65. The van der Waals surface area contributed by atoms with Crippen LogP contribution in [-0.4, -0.2) is 61.6 Å². The van der Waals surface area contributed by atoms with Crippen LogP contribution in [0.3, 0.4) is 0 Å². The van der Waals surface area contributed by atoms with Gasteiger partial charge in [-0.25, -0.2) is 16.8 Å². The lowest BCUT2D eigenvalue weighted by atomic mass is 10.2. The number of sulfonamides is 1. The van der Waals surface area contributed by atoms with Crippen LogP contribution in [0.1, 0.15) is 32.1 Å². The van der Waals surface area contributed by atoms with Gasteiger partial charge in [0.25, 0.3) is 0 Å². The summed E-state index contributed by atoms with van der Waals surface area (Å²) in [6, 6.07) is -0.975. The molecule has 1 saturated carbocycles. The van der Waals surface area contributed by atoms with Gasteiger partial charge >= 0.3 is 5.97 Å². The first-order chi connectivity index (χ1) is 9.22. The van der Waals surface area contributed by atoms with Crippen molar-refractivity contribution in [3.05, 3.63) is 0 Å². The van der Waals surface area contributed by atoms with Gasteiger partial charge in [0.15, 0.2) is 9.84 Å². The minimum Gasteiger partial charge on any atom is -0.481 e. The van der Waals surface area contributed by atoms with Crippen molar-refractivity contribution in [2.24, 2.45) is 0 Å². The first-order valence-corrected chi connectivity index (χ1v) is 9.98. The van der Waals surface area contributed by atoms with E-state index in [4.69, 9.17) is 5.11 Å². The van der Waals surface area contributed by atoms with Crippen LogP contribution in [-0.2, 0) is 24.7 Å². The molecule has 1 saturated heterocycles. The molecule has 7 nitrogen and oxygen atoms in total. The van der Waals surface area contributed by atoms with E-state index < -0.39 is 49.3 Å². The maximum atomic E-state index is 12.5. The van der Waals surface area contributed by atoms with Crippen molar-refractivity contribution in [1.29, 1.82) is 0 Å². The van der Waals surface area contributed by atoms with Crippen LogP contribution < -0.4 is 0 Å². The third-order valence-electron chi connectivity index (χ3n) is 3.94. The van der Waals surface area contributed by atoms with Gasteiger partial charge in [-0.15, -0.1) is 0 Å². The first kappa shape index (κ1) is 15.7. The zero-order valence-corrected chi connectivity index (χ0v) is 12.7. The summed E-state index contributed by atoms with van der Waals surface area (Å²) >= 11 is 0. The molecule has 1 aliphatic heterocycles. The van der Waals surface area contributed by atoms with Crippen LogP contribution >= 0.6 is 0 Å². The predicted octanol–water partition coefficient (Wildman–Crippen LogP) is -0.167. The minimum absolute atomic E-state index is 0.126. The predicted molar refractivity (Wildman–Crippen MR) is 72.6 cm³/mol. The molecule has 1 N–H and O–H groups in total. The summed E-state index contributed by atoms with van der Waals surface area (Å²) < 4.78 is 49.4. The highest BCUT2D eigenvalue weighted by Gasteiger charge is 2.43. The van der Waals surface area contributed by atoms with E-state index in [2.05, 4.69) is 0 Å². The molecule has 9 heteroatoms. The summed E-state index contributed by atoms with van der Waals surface area (Å²) in [5.74, 6) is -1.81. The van der Waals surface area contributed by atoms with E-state index in [1.54, 1.807) is 0 Å². The molecule has 2 rings (SSSR count). The fourth-order valence-electron chi connectivity index (χ4n) is 2.95. The van der Waals surface area contributed by atoms with E-state index in [9.17, 15) is 21.6 Å². The lowest BCUT2D eigenvalue weighted by Crippen LogP contribution is -2.53. The second kappa shape index (κ2) is 5.61. The standard InChI is InChI=1S/C11H19NO6S2/c13-11(14)7-9-8-19(15,16)6-5-12(9)20(17,18)10-3-1-2-4-10/h9-10H,1-8H2,(H,13,14). The number of sulfone groups is 1. The van der Waals surface area contributed by atoms with E-state index in [0.29, 0.717) is 12.8 Å². The Morgan fingerprint density at radius 2 is 1.85 bits per heavy atom.